The van der Waals surface area contributed by atoms with Crippen molar-refractivity contribution in [1.29, 1.82) is 0 Å². The van der Waals surface area contributed by atoms with Crippen LogP contribution in [0.3, 0.4) is 0 Å². The normalized spacial score (nSPS) is 13.4. The van der Waals surface area contributed by atoms with Crippen LogP contribution in [-0.2, 0) is 14.8 Å². The summed E-state index contributed by atoms with van der Waals surface area (Å²) >= 11 is 1.38. The Kier molecular flexibility index (Phi) is 10.3. The molecule has 3 aromatic heterocycles. The molecule has 0 aliphatic carbocycles. The number of sulfonamides is 1. The Hall–Kier alpha value is -4.31. The van der Waals surface area contributed by atoms with E-state index in [-0.39, 0.29) is 18.3 Å². The highest BCUT2D eigenvalue weighted by Gasteiger charge is 2.26. The highest BCUT2D eigenvalue weighted by atomic mass is 35.5. The zero-order chi connectivity index (χ0) is 32.4. The molecule has 1 aliphatic heterocycles. The highest BCUT2D eigenvalue weighted by Crippen LogP contribution is 2.40. The molecule has 4 heterocycles. The van der Waals surface area contributed by atoms with Crippen molar-refractivity contribution in [2.24, 2.45) is 0 Å². The van der Waals surface area contributed by atoms with E-state index in [1.807, 2.05) is 30.7 Å². The Morgan fingerprint density at radius 2 is 1.68 bits per heavy atom. The predicted octanol–water partition coefficient (Wildman–Crippen LogP) is 7.01. The number of pyridine rings is 1. The number of halogens is 4. The third-order valence-corrected chi connectivity index (χ3v) is 9.83. The smallest absolute Gasteiger partial charge is 0.267 e. The van der Waals surface area contributed by atoms with E-state index >= 15 is 0 Å². The predicted molar refractivity (Wildman–Crippen MR) is 178 cm³/mol. The SMILES string of the molecule is CC(C)c1nc(-c2ccc(F)c(NS(=O)(=O)c3c(F)cccc3F)c2)c(-c2ccnc(Nc3ccc(N4CCOCC4)nc3)n2)s1.Cl. The number of aromatic nitrogens is 4. The van der Waals surface area contributed by atoms with Crippen LogP contribution in [0.25, 0.3) is 21.8 Å². The first kappa shape index (κ1) is 34.0. The minimum atomic E-state index is -4.81. The molecule has 2 aromatic carbocycles. The van der Waals surface area contributed by atoms with E-state index in [2.05, 4.69) is 20.2 Å². The number of morpholine rings is 1. The maximum atomic E-state index is 14.9. The lowest BCUT2D eigenvalue weighted by molar-refractivity contribution is 0.122. The van der Waals surface area contributed by atoms with Crippen LogP contribution in [0.1, 0.15) is 24.8 Å². The van der Waals surface area contributed by atoms with Crippen molar-refractivity contribution >= 4 is 56.9 Å². The summed E-state index contributed by atoms with van der Waals surface area (Å²) in [5.41, 5.74) is 1.50. The van der Waals surface area contributed by atoms with Crippen LogP contribution in [0.4, 0.5) is 36.3 Å². The van der Waals surface area contributed by atoms with Gasteiger partial charge in [0.15, 0.2) is 4.90 Å². The average Bonchev–Trinajstić information content (AvgIpc) is 3.49. The van der Waals surface area contributed by atoms with Gasteiger partial charge in [0, 0.05) is 30.8 Å². The summed E-state index contributed by atoms with van der Waals surface area (Å²) in [5.74, 6) is -2.35. The van der Waals surface area contributed by atoms with Gasteiger partial charge in [-0.3, -0.25) is 4.72 Å². The summed E-state index contributed by atoms with van der Waals surface area (Å²) in [6, 6.07) is 11.9. The Morgan fingerprint density at radius 3 is 2.36 bits per heavy atom. The van der Waals surface area contributed by atoms with Gasteiger partial charge in [-0.2, -0.15) is 0 Å². The van der Waals surface area contributed by atoms with Gasteiger partial charge in [-0.15, -0.1) is 23.7 Å². The molecule has 10 nitrogen and oxygen atoms in total. The number of nitrogens with one attached hydrogen (secondary N) is 2. The molecule has 0 radical (unpaired) electrons. The molecule has 1 fully saturated rings. The lowest BCUT2D eigenvalue weighted by Crippen LogP contribution is -2.36. The van der Waals surface area contributed by atoms with Crippen molar-refractivity contribution in [3.63, 3.8) is 0 Å². The Morgan fingerprint density at radius 1 is 0.936 bits per heavy atom. The number of benzene rings is 2. The molecule has 0 amide bonds. The lowest BCUT2D eigenvalue weighted by atomic mass is 10.1. The standard InChI is InChI=1S/C31H28F3N7O3S2.ClH/c1-18(2)30-39-27(19-6-8-21(32)25(16-19)40-46(42,43)29-22(33)4-3-5-23(29)34)28(45-30)24-10-11-35-31(38-24)37-20-7-9-26(36-17-20)41-12-14-44-15-13-41;/h3-11,16-18,40H,12-15H2,1-2H3,(H,35,37,38);1H. The topological polar surface area (TPSA) is 122 Å². The fourth-order valence-electron chi connectivity index (χ4n) is 4.75. The fraction of sp³-hybridized carbons (Fsp3) is 0.226. The Bertz CT molecular complexity index is 1970. The minimum absolute atomic E-state index is 0. The van der Waals surface area contributed by atoms with Gasteiger partial charge >= 0.3 is 0 Å². The number of nitrogens with zero attached hydrogens (tertiary/aromatic N) is 5. The number of ether oxygens (including phenoxy) is 1. The monoisotopic (exact) mass is 703 g/mol. The number of thiazole rings is 1. The van der Waals surface area contributed by atoms with Gasteiger partial charge in [-0.05, 0) is 48.5 Å². The second-order valence-electron chi connectivity index (χ2n) is 10.6. The lowest BCUT2D eigenvalue weighted by Gasteiger charge is -2.27. The molecule has 0 bridgehead atoms. The van der Waals surface area contributed by atoms with E-state index in [0.29, 0.717) is 46.7 Å². The zero-order valence-corrected chi connectivity index (χ0v) is 27.5. The van der Waals surface area contributed by atoms with Gasteiger partial charge in [0.2, 0.25) is 5.95 Å². The Balaban J connectivity index is 0.00000433. The average molecular weight is 704 g/mol. The molecule has 2 N–H and O–H groups in total. The van der Waals surface area contributed by atoms with Crippen molar-refractivity contribution < 1.29 is 26.3 Å². The summed E-state index contributed by atoms with van der Waals surface area (Å²) in [4.78, 5) is 19.9. The van der Waals surface area contributed by atoms with Crippen molar-refractivity contribution in [3.8, 4) is 21.8 Å². The quantitative estimate of drug-likeness (QED) is 0.167. The van der Waals surface area contributed by atoms with Crippen molar-refractivity contribution in [3.05, 3.63) is 89.5 Å². The van der Waals surface area contributed by atoms with Crippen molar-refractivity contribution in [1.82, 2.24) is 19.9 Å². The van der Waals surface area contributed by atoms with Crippen LogP contribution in [0.5, 0.6) is 0 Å². The first-order chi connectivity index (χ1) is 22.1. The van der Waals surface area contributed by atoms with E-state index in [1.54, 1.807) is 18.5 Å². The highest BCUT2D eigenvalue weighted by molar-refractivity contribution is 7.92. The maximum Gasteiger partial charge on any atom is 0.267 e. The molecule has 5 aromatic rings. The molecule has 0 saturated carbocycles. The molecule has 0 unspecified atom stereocenters. The fourth-order valence-corrected chi connectivity index (χ4v) is 7.01. The van der Waals surface area contributed by atoms with Crippen LogP contribution >= 0.6 is 23.7 Å². The molecule has 246 valence electrons. The zero-order valence-electron chi connectivity index (χ0n) is 25.1. The number of rotatable bonds is 9. The summed E-state index contributed by atoms with van der Waals surface area (Å²) in [6.45, 7) is 6.80. The van der Waals surface area contributed by atoms with E-state index in [1.165, 1.54) is 23.5 Å². The maximum absolute atomic E-state index is 14.9. The molecule has 16 heteroatoms. The van der Waals surface area contributed by atoms with Gasteiger partial charge in [-0.1, -0.05) is 19.9 Å². The van der Waals surface area contributed by atoms with Gasteiger partial charge in [-0.25, -0.2) is 41.5 Å². The molecule has 6 rings (SSSR count). The van der Waals surface area contributed by atoms with E-state index in [9.17, 15) is 21.6 Å². The van der Waals surface area contributed by atoms with Crippen LogP contribution in [0.2, 0.25) is 0 Å². The third kappa shape index (κ3) is 7.48. The van der Waals surface area contributed by atoms with Crippen molar-refractivity contribution in [2.75, 3.05) is 41.2 Å². The minimum Gasteiger partial charge on any atom is -0.378 e. The molecular formula is C31H29ClF3N7O3S2. The molecule has 1 saturated heterocycles. The second-order valence-corrected chi connectivity index (χ2v) is 13.3. The second kappa shape index (κ2) is 14.2. The third-order valence-electron chi connectivity index (χ3n) is 7.04. The molecular weight excluding hydrogens is 675 g/mol. The number of hydrogen-bond donors (Lipinski definition) is 2. The Labute approximate surface area is 279 Å². The first-order valence-corrected chi connectivity index (χ1v) is 16.6. The summed E-state index contributed by atoms with van der Waals surface area (Å²) in [7, 11) is -4.81. The largest absolute Gasteiger partial charge is 0.378 e. The molecule has 0 atom stereocenters. The summed E-state index contributed by atoms with van der Waals surface area (Å²) in [5, 5.41) is 3.93. The first-order valence-electron chi connectivity index (χ1n) is 14.3. The van der Waals surface area contributed by atoms with Crippen LogP contribution < -0.4 is 14.9 Å². The number of anilines is 4. The number of hydrogen-bond acceptors (Lipinski definition) is 10. The molecule has 1 aliphatic rings. The molecule has 0 spiro atoms. The van der Waals surface area contributed by atoms with Crippen LogP contribution in [0.15, 0.2) is 71.9 Å². The van der Waals surface area contributed by atoms with Crippen LogP contribution in [0, 0.1) is 17.5 Å². The molecule has 47 heavy (non-hydrogen) atoms. The van der Waals surface area contributed by atoms with Gasteiger partial charge < -0.3 is 15.0 Å². The van der Waals surface area contributed by atoms with Crippen LogP contribution in [-0.4, -0.2) is 54.7 Å². The van der Waals surface area contributed by atoms with E-state index in [0.717, 1.165) is 48.2 Å². The summed E-state index contributed by atoms with van der Waals surface area (Å²) < 4.78 is 76.7. The van der Waals surface area contributed by atoms with Gasteiger partial charge in [0.05, 0.1) is 52.1 Å². The van der Waals surface area contributed by atoms with Gasteiger partial charge in [0.1, 0.15) is 23.3 Å². The van der Waals surface area contributed by atoms with Crippen molar-refractivity contribution in [2.45, 2.75) is 24.7 Å². The van der Waals surface area contributed by atoms with E-state index in [4.69, 9.17) is 14.7 Å². The summed E-state index contributed by atoms with van der Waals surface area (Å²) in [6.07, 6.45) is 3.29. The van der Waals surface area contributed by atoms with E-state index < -0.39 is 38.1 Å². The van der Waals surface area contributed by atoms with Gasteiger partial charge in [0.25, 0.3) is 10.0 Å².